The molecule has 1 aromatic rings. The van der Waals surface area contributed by atoms with Gasteiger partial charge in [-0.3, -0.25) is 15.4 Å². The fourth-order valence-corrected chi connectivity index (χ4v) is 3.91. The van der Waals surface area contributed by atoms with Crippen molar-refractivity contribution in [3.63, 3.8) is 0 Å². The van der Waals surface area contributed by atoms with Crippen molar-refractivity contribution in [3.05, 3.63) is 28.3 Å². The summed E-state index contributed by atoms with van der Waals surface area (Å²) in [5, 5.41) is 14.0. The Morgan fingerprint density at radius 3 is 2.46 bits per heavy atom. The van der Waals surface area contributed by atoms with E-state index in [0.717, 1.165) is 44.7 Å². The molecule has 1 amide bonds. The van der Waals surface area contributed by atoms with Crippen LogP contribution >= 0.6 is 0 Å². The van der Waals surface area contributed by atoms with E-state index in [1.54, 1.807) is 26.8 Å². The number of nitro benzene ring substituents is 1. The fraction of sp³-hybridized carbons (Fsp3) is 0.632. The van der Waals surface area contributed by atoms with Gasteiger partial charge in [0.1, 0.15) is 11.3 Å². The normalized spacial score (nSPS) is 19.1. The van der Waals surface area contributed by atoms with Crippen LogP contribution in [0, 0.1) is 15.5 Å². The molecule has 1 aromatic carbocycles. The van der Waals surface area contributed by atoms with Crippen LogP contribution in [0.3, 0.4) is 0 Å². The van der Waals surface area contributed by atoms with Gasteiger partial charge in [0.2, 0.25) is 7.41 Å². The van der Waals surface area contributed by atoms with Crippen molar-refractivity contribution in [3.8, 4) is 0 Å². The minimum absolute atomic E-state index is 0.125. The van der Waals surface area contributed by atoms with E-state index >= 15 is 0 Å². The van der Waals surface area contributed by atoms with Gasteiger partial charge in [0.25, 0.3) is 5.69 Å². The molecule has 3 rings (SSSR count). The SMILES string of the molecule is C[B]N1CCC2(CC1)CN(c1ccc(NC(=O)OC(C)(C)C)c([N+](=O)[O-])c1)C2. The molecule has 2 saturated heterocycles. The maximum Gasteiger partial charge on any atom is 0.412 e. The smallest absolute Gasteiger partial charge is 0.412 e. The zero-order valence-electron chi connectivity index (χ0n) is 17.0. The summed E-state index contributed by atoms with van der Waals surface area (Å²) in [6.45, 7) is 11.3. The van der Waals surface area contributed by atoms with E-state index in [9.17, 15) is 14.9 Å². The van der Waals surface area contributed by atoms with Crippen LogP contribution in [0.4, 0.5) is 21.9 Å². The third-order valence-electron chi connectivity index (χ3n) is 5.46. The molecule has 0 unspecified atom stereocenters. The van der Waals surface area contributed by atoms with Crippen LogP contribution in [-0.2, 0) is 4.74 Å². The van der Waals surface area contributed by atoms with Crippen LogP contribution in [0.25, 0.3) is 0 Å². The van der Waals surface area contributed by atoms with Crippen LogP contribution in [-0.4, -0.2) is 55.0 Å². The lowest BCUT2D eigenvalue weighted by Gasteiger charge is -2.55. The van der Waals surface area contributed by atoms with Gasteiger partial charge in [-0.2, -0.15) is 0 Å². The van der Waals surface area contributed by atoms with Crippen LogP contribution < -0.4 is 10.2 Å². The van der Waals surface area contributed by atoms with Crippen molar-refractivity contribution in [1.82, 2.24) is 4.81 Å². The van der Waals surface area contributed by atoms with E-state index in [1.165, 1.54) is 6.07 Å². The molecule has 0 atom stereocenters. The summed E-state index contributed by atoms with van der Waals surface area (Å²) >= 11 is 0. The molecule has 2 aliphatic heterocycles. The number of nitrogens with one attached hydrogen (secondary N) is 1. The molecule has 2 fully saturated rings. The summed E-state index contributed by atoms with van der Waals surface area (Å²) in [6.07, 6.45) is 1.59. The number of rotatable bonds is 4. The summed E-state index contributed by atoms with van der Waals surface area (Å²) in [5.41, 5.74) is 0.485. The van der Waals surface area contributed by atoms with E-state index in [1.807, 2.05) is 6.07 Å². The van der Waals surface area contributed by atoms with E-state index in [0.29, 0.717) is 5.41 Å². The summed E-state index contributed by atoms with van der Waals surface area (Å²) in [4.78, 5) is 27.5. The Labute approximate surface area is 166 Å². The minimum Gasteiger partial charge on any atom is -0.444 e. The summed E-state index contributed by atoms with van der Waals surface area (Å²) in [7, 11) is 2.14. The summed E-state index contributed by atoms with van der Waals surface area (Å²) < 4.78 is 5.19. The third kappa shape index (κ3) is 4.58. The molecule has 2 aliphatic rings. The second-order valence-corrected chi connectivity index (χ2v) is 8.74. The molecule has 151 valence electrons. The molecular formula is C19H28BN4O4. The highest BCUT2D eigenvalue weighted by Gasteiger charge is 2.44. The number of ether oxygens (including phenoxy) is 1. The maximum absolute atomic E-state index is 12.0. The Morgan fingerprint density at radius 1 is 1.29 bits per heavy atom. The van der Waals surface area contributed by atoms with E-state index in [-0.39, 0.29) is 11.4 Å². The molecule has 1 N–H and O–H groups in total. The Balaban J connectivity index is 1.67. The molecule has 8 nitrogen and oxygen atoms in total. The lowest BCUT2D eigenvalue weighted by Crippen LogP contribution is -2.60. The monoisotopic (exact) mass is 387 g/mol. The average Bonchev–Trinajstić information content (AvgIpc) is 2.58. The second kappa shape index (κ2) is 7.62. The number of piperidine rings is 1. The van der Waals surface area contributed by atoms with E-state index < -0.39 is 16.6 Å². The molecule has 0 aromatic heterocycles. The summed E-state index contributed by atoms with van der Waals surface area (Å²) in [6, 6.07) is 4.94. The molecule has 0 aliphatic carbocycles. The molecule has 0 bridgehead atoms. The van der Waals surface area contributed by atoms with Gasteiger partial charge in [0, 0.05) is 30.3 Å². The van der Waals surface area contributed by atoms with Gasteiger partial charge in [-0.15, -0.1) is 0 Å². The van der Waals surface area contributed by atoms with Crippen molar-refractivity contribution in [1.29, 1.82) is 0 Å². The Bertz CT molecular complexity index is 749. The number of nitro groups is 1. The zero-order chi connectivity index (χ0) is 20.5. The average molecular weight is 387 g/mol. The van der Waals surface area contributed by atoms with Gasteiger partial charge in [-0.25, -0.2) is 4.79 Å². The van der Waals surface area contributed by atoms with Gasteiger partial charge in [0.15, 0.2) is 0 Å². The first kappa shape index (κ1) is 20.4. The Morgan fingerprint density at radius 2 is 1.93 bits per heavy atom. The van der Waals surface area contributed by atoms with Crippen LogP contribution in [0.1, 0.15) is 33.6 Å². The minimum atomic E-state index is -0.703. The third-order valence-corrected chi connectivity index (χ3v) is 5.46. The number of anilines is 2. The van der Waals surface area contributed by atoms with Gasteiger partial charge in [-0.1, -0.05) is 6.82 Å². The van der Waals surface area contributed by atoms with Gasteiger partial charge < -0.3 is 14.4 Å². The molecule has 2 heterocycles. The predicted molar refractivity (Wildman–Crippen MR) is 110 cm³/mol. The first-order chi connectivity index (χ1) is 13.1. The van der Waals surface area contributed by atoms with Gasteiger partial charge >= 0.3 is 6.09 Å². The maximum atomic E-state index is 12.0. The number of hydrogen-bond acceptors (Lipinski definition) is 6. The number of benzene rings is 1. The first-order valence-corrected chi connectivity index (χ1v) is 9.68. The number of carbonyl (C=O) groups is 1. The predicted octanol–water partition coefficient (Wildman–Crippen LogP) is 3.51. The highest BCUT2D eigenvalue weighted by atomic mass is 16.6. The molecule has 28 heavy (non-hydrogen) atoms. The van der Waals surface area contributed by atoms with E-state index in [4.69, 9.17) is 4.74 Å². The topological polar surface area (TPSA) is 88.0 Å². The van der Waals surface area contributed by atoms with Crippen molar-refractivity contribution in [2.24, 2.45) is 5.41 Å². The van der Waals surface area contributed by atoms with Crippen molar-refractivity contribution < 1.29 is 14.5 Å². The van der Waals surface area contributed by atoms with Crippen LogP contribution in [0.15, 0.2) is 18.2 Å². The molecule has 1 radical (unpaired) electrons. The molecular weight excluding hydrogens is 359 g/mol. The second-order valence-electron chi connectivity index (χ2n) is 8.74. The van der Waals surface area contributed by atoms with E-state index in [2.05, 4.69) is 29.3 Å². The van der Waals surface area contributed by atoms with Crippen molar-refractivity contribution in [2.45, 2.75) is 46.0 Å². The Kier molecular flexibility index (Phi) is 5.56. The Hall–Kier alpha value is -2.29. The highest BCUT2D eigenvalue weighted by molar-refractivity contribution is 6.29. The largest absolute Gasteiger partial charge is 0.444 e. The van der Waals surface area contributed by atoms with Gasteiger partial charge in [0.05, 0.1) is 4.92 Å². The molecule has 1 spiro atoms. The lowest BCUT2D eigenvalue weighted by atomic mass is 9.70. The highest BCUT2D eigenvalue weighted by Crippen LogP contribution is 2.43. The summed E-state index contributed by atoms with van der Waals surface area (Å²) in [5.74, 6) is 0. The number of hydrogen-bond donors (Lipinski definition) is 1. The van der Waals surface area contributed by atoms with Gasteiger partial charge in [-0.05, 0) is 58.8 Å². The lowest BCUT2D eigenvalue weighted by molar-refractivity contribution is -0.383. The van der Waals surface area contributed by atoms with Crippen LogP contribution in [0.5, 0.6) is 0 Å². The van der Waals surface area contributed by atoms with Crippen molar-refractivity contribution >= 4 is 30.6 Å². The quantitative estimate of drug-likeness (QED) is 0.483. The first-order valence-electron chi connectivity index (χ1n) is 9.68. The standard InChI is InChI=1S/C19H28BN4O4/c1-18(2,3)28-17(25)21-15-6-5-14(11-16(15)24(26)27)22-12-19(13-22)7-9-23(20-4)10-8-19/h5-6,11H,7-10,12-13H2,1-4H3,(H,21,25). The number of amides is 1. The fourth-order valence-electron chi connectivity index (χ4n) is 3.91. The van der Waals surface area contributed by atoms with Crippen molar-refractivity contribution in [2.75, 3.05) is 36.4 Å². The molecule has 0 saturated carbocycles. The molecule has 9 heteroatoms. The zero-order valence-corrected chi connectivity index (χ0v) is 17.0. The number of carbonyl (C=O) groups excluding carboxylic acids is 1. The van der Waals surface area contributed by atoms with Crippen LogP contribution in [0.2, 0.25) is 6.82 Å². The number of nitrogens with zero attached hydrogens (tertiary/aromatic N) is 3.